The molecule has 0 aliphatic carbocycles. The maximum absolute atomic E-state index is 12.3. The Hall–Kier alpha value is -1.07. The van der Waals surface area contributed by atoms with Crippen molar-refractivity contribution in [1.29, 1.82) is 0 Å². The smallest absolute Gasteiger partial charge is 0.270 e. The van der Waals surface area contributed by atoms with Crippen molar-refractivity contribution >= 4 is 15.9 Å². The number of benzene rings is 1. The normalized spacial score (nSPS) is 17.7. The molecule has 1 fully saturated rings. The third-order valence-corrected chi connectivity index (χ3v) is 4.87. The second kappa shape index (κ2) is 5.28. The standard InChI is InChI=1S/C13H20N2O2S/c1-11-7-6-8-12(2)13(11)14-18(16,17)15-9-4-3-5-10-15/h6-8,14H,3-5,9-10H2,1-2H3. The monoisotopic (exact) mass is 268 g/mol. The largest absolute Gasteiger partial charge is 0.301 e. The molecule has 18 heavy (non-hydrogen) atoms. The van der Waals surface area contributed by atoms with E-state index in [9.17, 15) is 8.42 Å². The molecule has 1 saturated heterocycles. The summed E-state index contributed by atoms with van der Waals surface area (Å²) in [7, 11) is -3.40. The van der Waals surface area contributed by atoms with Gasteiger partial charge in [0, 0.05) is 13.1 Å². The Morgan fingerprint density at radius 1 is 1.06 bits per heavy atom. The molecule has 0 radical (unpaired) electrons. The van der Waals surface area contributed by atoms with Crippen LogP contribution in [0.2, 0.25) is 0 Å². The predicted molar refractivity (Wildman–Crippen MR) is 73.9 cm³/mol. The van der Waals surface area contributed by atoms with E-state index >= 15 is 0 Å². The lowest BCUT2D eigenvalue weighted by Gasteiger charge is -2.27. The highest BCUT2D eigenvalue weighted by atomic mass is 32.2. The molecule has 0 saturated carbocycles. The molecule has 0 spiro atoms. The number of aryl methyl sites for hydroxylation is 2. The van der Waals surface area contributed by atoms with Crippen LogP contribution in [0.25, 0.3) is 0 Å². The van der Waals surface area contributed by atoms with Gasteiger partial charge in [0.2, 0.25) is 0 Å². The van der Waals surface area contributed by atoms with E-state index in [1.54, 1.807) is 4.31 Å². The topological polar surface area (TPSA) is 49.4 Å². The Bertz CT molecular complexity index is 500. The fraction of sp³-hybridized carbons (Fsp3) is 0.538. The van der Waals surface area contributed by atoms with E-state index in [2.05, 4.69) is 4.72 Å². The number of rotatable bonds is 3. The molecule has 1 aliphatic heterocycles. The number of nitrogens with one attached hydrogen (secondary N) is 1. The predicted octanol–water partition coefficient (Wildman–Crippen LogP) is 2.45. The average molecular weight is 268 g/mol. The highest BCUT2D eigenvalue weighted by Crippen LogP contribution is 2.23. The van der Waals surface area contributed by atoms with E-state index < -0.39 is 10.2 Å². The zero-order chi connectivity index (χ0) is 13.2. The van der Waals surface area contributed by atoms with Gasteiger partial charge in [-0.2, -0.15) is 12.7 Å². The maximum atomic E-state index is 12.3. The fourth-order valence-corrected chi connectivity index (χ4v) is 3.72. The maximum Gasteiger partial charge on any atom is 0.301 e. The highest BCUT2D eigenvalue weighted by molar-refractivity contribution is 7.90. The van der Waals surface area contributed by atoms with E-state index in [-0.39, 0.29) is 0 Å². The first-order chi connectivity index (χ1) is 8.50. The second-order valence-electron chi connectivity index (χ2n) is 4.83. The first-order valence-corrected chi connectivity index (χ1v) is 7.79. The second-order valence-corrected chi connectivity index (χ2v) is 6.50. The molecule has 0 atom stereocenters. The molecule has 100 valence electrons. The zero-order valence-corrected chi connectivity index (χ0v) is 11.8. The highest BCUT2D eigenvalue weighted by Gasteiger charge is 2.24. The van der Waals surface area contributed by atoms with Crippen LogP contribution < -0.4 is 4.72 Å². The summed E-state index contributed by atoms with van der Waals surface area (Å²) in [5.41, 5.74) is 2.62. The Balaban J connectivity index is 2.22. The van der Waals surface area contributed by atoms with Crippen molar-refractivity contribution in [2.24, 2.45) is 0 Å². The third kappa shape index (κ3) is 2.84. The minimum Gasteiger partial charge on any atom is -0.270 e. The van der Waals surface area contributed by atoms with Crippen LogP contribution in [0.3, 0.4) is 0 Å². The van der Waals surface area contributed by atoms with E-state index in [0.717, 1.165) is 30.4 Å². The molecule has 1 N–H and O–H groups in total. The van der Waals surface area contributed by atoms with Gasteiger partial charge in [-0.05, 0) is 37.8 Å². The third-order valence-electron chi connectivity index (χ3n) is 3.37. The van der Waals surface area contributed by atoms with Gasteiger partial charge in [-0.15, -0.1) is 0 Å². The summed E-state index contributed by atoms with van der Waals surface area (Å²) < 4.78 is 28.8. The van der Waals surface area contributed by atoms with E-state index in [0.29, 0.717) is 18.8 Å². The SMILES string of the molecule is Cc1cccc(C)c1NS(=O)(=O)N1CCCCC1. The van der Waals surface area contributed by atoms with Crippen LogP contribution in [0.15, 0.2) is 18.2 Å². The Morgan fingerprint density at radius 2 is 1.61 bits per heavy atom. The number of hydrogen-bond donors (Lipinski definition) is 1. The molecule has 1 heterocycles. The molecular formula is C13H20N2O2S. The van der Waals surface area contributed by atoms with Crippen molar-refractivity contribution in [3.8, 4) is 0 Å². The van der Waals surface area contributed by atoms with E-state index in [1.165, 1.54) is 0 Å². The van der Waals surface area contributed by atoms with Crippen LogP contribution in [0.1, 0.15) is 30.4 Å². The summed E-state index contributed by atoms with van der Waals surface area (Å²) in [6.07, 6.45) is 3.02. The molecule has 1 aromatic carbocycles. The van der Waals surface area contributed by atoms with Crippen molar-refractivity contribution in [2.45, 2.75) is 33.1 Å². The minimum atomic E-state index is -3.40. The molecule has 0 aromatic heterocycles. The molecule has 5 heteroatoms. The van der Waals surface area contributed by atoms with Gasteiger partial charge >= 0.3 is 10.2 Å². The number of hydrogen-bond acceptors (Lipinski definition) is 2. The van der Waals surface area contributed by atoms with Gasteiger partial charge in [0.25, 0.3) is 0 Å². The summed E-state index contributed by atoms with van der Waals surface area (Å²) in [5.74, 6) is 0. The van der Waals surface area contributed by atoms with Crippen molar-refractivity contribution in [1.82, 2.24) is 4.31 Å². The van der Waals surface area contributed by atoms with Gasteiger partial charge in [0.1, 0.15) is 0 Å². The van der Waals surface area contributed by atoms with Gasteiger partial charge < -0.3 is 0 Å². The van der Waals surface area contributed by atoms with Crippen LogP contribution in [-0.4, -0.2) is 25.8 Å². The summed E-state index contributed by atoms with van der Waals surface area (Å²) in [4.78, 5) is 0. The van der Waals surface area contributed by atoms with Crippen LogP contribution in [0.5, 0.6) is 0 Å². The molecule has 2 rings (SSSR count). The lowest BCUT2D eigenvalue weighted by molar-refractivity contribution is 0.349. The Morgan fingerprint density at radius 3 is 2.17 bits per heavy atom. The summed E-state index contributed by atoms with van der Waals surface area (Å²) in [6, 6.07) is 5.77. The Kier molecular flexibility index (Phi) is 3.92. The van der Waals surface area contributed by atoms with Crippen molar-refractivity contribution in [3.05, 3.63) is 29.3 Å². The van der Waals surface area contributed by atoms with Crippen LogP contribution in [-0.2, 0) is 10.2 Å². The van der Waals surface area contributed by atoms with Gasteiger partial charge in [0.05, 0.1) is 5.69 Å². The minimum absolute atomic E-state index is 0.625. The fourth-order valence-electron chi connectivity index (χ4n) is 2.27. The van der Waals surface area contributed by atoms with E-state index in [1.807, 2.05) is 32.0 Å². The van der Waals surface area contributed by atoms with Gasteiger partial charge in [-0.1, -0.05) is 24.6 Å². The quantitative estimate of drug-likeness (QED) is 0.915. The number of piperidine rings is 1. The lowest BCUT2D eigenvalue weighted by Crippen LogP contribution is -2.39. The van der Waals surface area contributed by atoms with Crippen LogP contribution in [0.4, 0.5) is 5.69 Å². The first kappa shape index (κ1) is 13.4. The van der Waals surface area contributed by atoms with Gasteiger partial charge in [-0.25, -0.2) is 0 Å². The number of para-hydroxylation sites is 1. The molecule has 0 bridgehead atoms. The lowest BCUT2D eigenvalue weighted by atomic mass is 10.1. The number of anilines is 1. The first-order valence-electron chi connectivity index (χ1n) is 6.35. The molecular weight excluding hydrogens is 248 g/mol. The van der Waals surface area contributed by atoms with Crippen LogP contribution >= 0.6 is 0 Å². The summed E-state index contributed by atoms with van der Waals surface area (Å²) in [6.45, 7) is 5.09. The number of nitrogens with zero attached hydrogens (tertiary/aromatic N) is 1. The van der Waals surface area contributed by atoms with Crippen LogP contribution in [0, 0.1) is 13.8 Å². The summed E-state index contributed by atoms with van der Waals surface area (Å²) >= 11 is 0. The summed E-state index contributed by atoms with van der Waals surface area (Å²) in [5, 5.41) is 0. The van der Waals surface area contributed by atoms with Crippen molar-refractivity contribution in [2.75, 3.05) is 17.8 Å². The van der Waals surface area contributed by atoms with Crippen molar-refractivity contribution < 1.29 is 8.42 Å². The molecule has 1 aromatic rings. The molecule has 0 unspecified atom stereocenters. The zero-order valence-electron chi connectivity index (χ0n) is 10.9. The average Bonchev–Trinajstić information content (AvgIpc) is 2.35. The van der Waals surface area contributed by atoms with E-state index in [4.69, 9.17) is 0 Å². The van der Waals surface area contributed by atoms with Gasteiger partial charge in [0.15, 0.2) is 0 Å². The molecule has 4 nitrogen and oxygen atoms in total. The molecule has 1 aliphatic rings. The van der Waals surface area contributed by atoms with Gasteiger partial charge in [-0.3, -0.25) is 4.72 Å². The van der Waals surface area contributed by atoms with Crippen molar-refractivity contribution in [3.63, 3.8) is 0 Å². The Labute approximate surface area is 109 Å². The molecule has 0 amide bonds.